The predicted molar refractivity (Wildman–Crippen MR) is 122 cm³/mol. The molecule has 12 heteroatoms. The number of ether oxygens (including phenoxy) is 1. The monoisotopic (exact) mass is 504 g/mol. The Labute approximate surface area is 202 Å². The van der Waals surface area contributed by atoms with Gasteiger partial charge >= 0.3 is 5.97 Å². The molecule has 4 rings (SSSR count). The molecule has 182 valence electrons. The molecule has 0 spiro atoms. The van der Waals surface area contributed by atoms with Crippen molar-refractivity contribution >= 4 is 35.1 Å². The van der Waals surface area contributed by atoms with Crippen molar-refractivity contribution in [2.75, 3.05) is 25.5 Å². The molecule has 2 amide bonds. The zero-order chi connectivity index (χ0) is 25.4. The minimum absolute atomic E-state index is 0.0721. The van der Waals surface area contributed by atoms with Gasteiger partial charge in [0, 0.05) is 31.4 Å². The Kier molecular flexibility index (Phi) is 6.44. The lowest BCUT2D eigenvalue weighted by Gasteiger charge is -2.36. The van der Waals surface area contributed by atoms with Crippen LogP contribution in [0.4, 0.5) is 14.5 Å². The number of nitrogens with zero attached hydrogens (tertiary/aromatic N) is 3. The molecule has 0 bridgehead atoms. The first-order valence-corrected chi connectivity index (χ1v) is 10.7. The van der Waals surface area contributed by atoms with Crippen LogP contribution in [0.1, 0.15) is 21.0 Å². The van der Waals surface area contributed by atoms with Crippen LogP contribution in [-0.4, -0.2) is 57.5 Å². The Morgan fingerprint density at radius 2 is 1.89 bits per heavy atom. The first-order valence-electron chi connectivity index (χ1n) is 10.3. The Bertz CT molecular complexity index is 1350. The van der Waals surface area contributed by atoms with Crippen molar-refractivity contribution in [1.82, 2.24) is 14.5 Å². The number of benzene rings is 2. The summed E-state index contributed by atoms with van der Waals surface area (Å²) in [6.45, 7) is 0.201. The van der Waals surface area contributed by atoms with E-state index in [1.165, 1.54) is 60.2 Å². The number of methoxy groups -OCH3 is 1. The molecule has 1 aromatic heterocycles. The summed E-state index contributed by atoms with van der Waals surface area (Å²) in [7, 11) is 2.70. The molecule has 2 N–H and O–H groups in total. The van der Waals surface area contributed by atoms with Crippen LogP contribution in [0.25, 0.3) is 11.3 Å². The highest BCUT2D eigenvalue weighted by molar-refractivity contribution is 6.34. The zero-order valence-corrected chi connectivity index (χ0v) is 19.3. The fourth-order valence-electron chi connectivity index (χ4n) is 3.68. The maximum atomic E-state index is 14.5. The number of aliphatic carboxylic acids is 1. The summed E-state index contributed by atoms with van der Waals surface area (Å²) in [5.74, 6) is -5.23. The number of hydrogen-bond acceptors (Lipinski definition) is 5. The third-order valence-electron chi connectivity index (χ3n) is 5.71. The number of amides is 2. The average molecular weight is 505 g/mol. The van der Waals surface area contributed by atoms with Crippen molar-refractivity contribution in [2.24, 2.45) is 13.0 Å². The second-order valence-corrected chi connectivity index (χ2v) is 8.27. The maximum Gasteiger partial charge on any atom is 0.310 e. The van der Waals surface area contributed by atoms with E-state index >= 15 is 0 Å². The summed E-state index contributed by atoms with van der Waals surface area (Å²) in [6.07, 6.45) is 1.24. The van der Waals surface area contributed by atoms with Crippen molar-refractivity contribution in [3.8, 4) is 17.0 Å². The number of carbonyl (C=O) groups excluding carboxylic acids is 2. The Hall–Kier alpha value is -3.99. The Balaban J connectivity index is 1.50. The van der Waals surface area contributed by atoms with Crippen LogP contribution in [0.5, 0.6) is 5.75 Å². The fraction of sp³-hybridized carbons (Fsp3) is 0.217. The normalized spacial score (nSPS) is 13.3. The van der Waals surface area contributed by atoms with Crippen LogP contribution < -0.4 is 10.1 Å². The molecular weight excluding hydrogens is 486 g/mol. The highest BCUT2D eigenvalue weighted by Crippen LogP contribution is 2.30. The molecular formula is C23H19ClF2N4O5. The molecule has 1 aliphatic heterocycles. The molecule has 0 atom stereocenters. The molecule has 0 unspecified atom stereocenters. The summed E-state index contributed by atoms with van der Waals surface area (Å²) in [5.41, 5.74) is 0.515. The van der Waals surface area contributed by atoms with E-state index in [0.717, 1.165) is 0 Å². The molecule has 3 aromatic rings. The number of hydrogen-bond donors (Lipinski definition) is 2. The molecule has 0 saturated carbocycles. The van der Waals surface area contributed by atoms with Crippen molar-refractivity contribution in [3.05, 3.63) is 64.6 Å². The lowest BCUT2D eigenvalue weighted by molar-refractivity contribution is -0.146. The van der Waals surface area contributed by atoms with E-state index in [2.05, 4.69) is 10.3 Å². The smallest absolute Gasteiger partial charge is 0.310 e. The van der Waals surface area contributed by atoms with Crippen LogP contribution in [0, 0.1) is 17.6 Å². The lowest BCUT2D eigenvalue weighted by atomic mass is 9.99. The van der Waals surface area contributed by atoms with Gasteiger partial charge in [0.15, 0.2) is 17.4 Å². The Morgan fingerprint density at radius 3 is 2.51 bits per heavy atom. The lowest BCUT2D eigenvalue weighted by Crippen LogP contribution is -2.53. The quantitative estimate of drug-likeness (QED) is 0.531. The second kappa shape index (κ2) is 9.34. The van der Waals surface area contributed by atoms with Crippen molar-refractivity contribution in [2.45, 2.75) is 0 Å². The number of nitrogens with one attached hydrogen (secondary N) is 1. The molecule has 1 fully saturated rings. The first kappa shape index (κ1) is 24.1. The number of anilines is 1. The van der Waals surface area contributed by atoms with E-state index in [4.69, 9.17) is 21.4 Å². The van der Waals surface area contributed by atoms with Gasteiger partial charge in [-0.2, -0.15) is 4.39 Å². The number of carbonyl (C=O) groups is 3. The van der Waals surface area contributed by atoms with Crippen LogP contribution >= 0.6 is 11.6 Å². The number of likely N-dealkylation sites (tertiary alicyclic amines) is 1. The van der Waals surface area contributed by atoms with E-state index in [1.807, 2.05) is 0 Å². The number of carboxylic acids is 1. The minimum Gasteiger partial charge on any atom is -0.494 e. The van der Waals surface area contributed by atoms with Gasteiger partial charge in [0.05, 0.1) is 35.5 Å². The predicted octanol–water partition coefficient (Wildman–Crippen LogP) is 3.44. The topological polar surface area (TPSA) is 114 Å². The molecule has 9 nitrogen and oxygen atoms in total. The van der Waals surface area contributed by atoms with Gasteiger partial charge in [0.1, 0.15) is 0 Å². The minimum atomic E-state index is -1.15. The van der Waals surface area contributed by atoms with Gasteiger partial charge in [-0.25, -0.2) is 9.37 Å². The third-order valence-corrected chi connectivity index (χ3v) is 6.02. The van der Waals surface area contributed by atoms with E-state index in [-0.39, 0.29) is 52.2 Å². The standard InChI is InChI=1S/C23H19ClF2N4O5/c1-29-16(14-5-6-17(35-2)19(26)18(14)25)8-27-20(29)21(31)28-12-3-4-13(15(24)7-12)22(32)30-9-11(10-30)23(33)34/h3-8,11H,9-10H2,1-2H3,(H,28,31)(H,33,34). The zero-order valence-electron chi connectivity index (χ0n) is 18.5. The Morgan fingerprint density at radius 1 is 1.17 bits per heavy atom. The molecule has 1 aliphatic rings. The number of halogens is 3. The van der Waals surface area contributed by atoms with Crippen LogP contribution in [-0.2, 0) is 11.8 Å². The van der Waals surface area contributed by atoms with Crippen molar-refractivity contribution < 1.29 is 33.0 Å². The number of aromatic nitrogens is 2. The van der Waals surface area contributed by atoms with Gasteiger partial charge in [-0.15, -0.1) is 0 Å². The van der Waals surface area contributed by atoms with Gasteiger partial charge < -0.3 is 24.6 Å². The molecule has 2 heterocycles. The van der Waals surface area contributed by atoms with Gasteiger partial charge in [0.25, 0.3) is 11.8 Å². The summed E-state index contributed by atoms with van der Waals surface area (Å²) in [4.78, 5) is 41.6. The van der Waals surface area contributed by atoms with Crippen LogP contribution in [0.15, 0.2) is 36.5 Å². The first-order chi connectivity index (χ1) is 16.6. The average Bonchev–Trinajstić information content (AvgIpc) is 3.15. The molecule has 2 aromatic carbocycles. The van der Waals surface area contributed by atoms with Gasteiger partial charge in [-0.1, -0.05) is 11.6 Å². The number of carboxylic acid groups (broad SMARTS) is 1. The summed E-state index contributed by atoms with van der Waals surface area (Å²) in [6, 6.07) is 6.86. The van der Waals surface area contributed by atoms with Crippen molar-refractivity contribution in [3.63, 3.8) is 0 Å². The van der Waals surface area contributed by atoms with E-state index in [9.17, 15) is 23.2 Å². The van der Waals surface area contributed by atoms with E-state index in [0.29, 0.717) is 0 Å². The molecule has 1 saturated heterocycles. The van der Waals surface area contributed by atoms with Crippen molar-refractivity contribution in [1.29, 1.82) is 0 Å². The fourth-order valence-corrected chi connectivity index (χ4v) is 3.94. The maximum absolute atomic E-state index is 14.5. The van der Waals surface area contributed by atoms with Gasteiger partial charge in [-0.05, 0) is 30.3 Å². The molecule has 0 aliphatic carbocycles. The second-order valence-electron chi connectivity index (χ2n) is 7.86. The van der Waals surface area contributed by atoms with E-state index in [1.54, 1.807) is 0 Å². The summed E-state index contributed by atoms with van der Waals surface area (Å²) < 4.78 is 34.7. The third kappa shape index (κ3) is 4.42. The largest absolute Gasteiger partial charge is 0.494 e. The summed E-state index contributed by atoms with van der Waals surface area (Å²) >= 11 is 6.23. The highest BCUT2D eigenvalue weighted by Gasteiger charge is 2.36. The number of rotatable bonds is 6. The van der Waals surface area contributed by atoms with E-state index < -0.39 is 35.3 Å². The molecule has 35 heavy (non-hydrogen) atoms. The SMILES string of the molecule is COc1ccc(-c2cnc(C(=O)Nc3ccc(C(=O)N4CC(C(=O)O)C4)c(Cl)c3)n2C)c(F)c1F. The number of imidazole rings is 1. The van der Waals surface area contributed by atoms with Crippen LogP contribution in [0.2, 0.25) is 5.02 Å². The van der Waals surface area contributed by atoms with Crippen LogP contribution in [0.3, 0.4) is 0 Å². The highest BCUT2D eigenvalue weighted by atomic mass is 35.5. The van der Waals surface area contributed by atoms with Gasteiger partial charge in [0.2, 0.25) is 5.82 Å². The molecule has 0 radical (unpaired) electrons. The van der Waals surface area contributed by atoms with Gasteiger partial charge in [-0.3, -0.25) is 14.4 Å². The summed E-state index contributed by atoms with van der Waals surface area (Å²) in [5, 5.41) is 11.6.